The molecular formula is C10H26N4O. The van der Waals surface area contributed by atoms with E-state index < -0.39 is 0 Å². The summed E-state index contributed by atoms with van der Waals surface area (Å²) in [5.74, 6) is 8.00. The zero-order chi connectivity index (χ0) is 11.4. The first-order valence-corrected chi connectivity index (χ1v) is 5.77. The van der Waals surface area contributed by atoms with Crippen LogP contribution in [0.15, 0.2) is 0 Å². The van der Waals surface area contributed by atoms with Gasteiger partial charge in [-0.1, -0.05) is 12.8 Å². The van der Waals surface area contributed by atoms with Crippen LogP contribution in [0, 0.1) is 0 Å². The SMILES string of the molecule is NCCCCCCN1CCOCC1.NN. The van der Waals surface area contributed by atoms with Crippen LogP contribution in [0.3, 0.4) is 0 Å². The van der Waals surface area contributed by atoms with E-state index in [0.29, 0.717) is 0 Å². The second kappa shape index (κ2) is 11.9. The van der Waals surface area contributed by atoms with Gasteiger partial charge < -0.3 is 10.5 Å². The first-order valence-electron chi connectivity index (χ1n) is 5.77. The number of nitrogens with two attached hydrogens (primary N) is 3. The number of unbranched alkanes of at least 4 members (excludes halogenated alkanes) is 3. The van der Waals surface area contributed by atoms with E-state index >= 15 is 0 Å². The van der Waals surface area contributed by atoms with Crippen LogP contribution in [0.25, 0.3) is 0 Å². The number of rotatable bonds is 6. The summed E-state index contributed by atoms with van der Waals surface area (Å²) < 4.78 is 5.29. The van der Waals surface area contributed by atoms with Gasteiger partial charge in [-0.2, -0.15) is 0 Å². The third-order valence-electron chi connectivity index (χ3n) is 2.53. The Morgan fingerprint density at radius 2 is 1.53 bits per heavy atom. The van der Waals surface area contributed by atoms with Crippen molar-refractivity contribution in [2.45, 2.75) is 25.7 Å². The molecule has 1 saturated heterocycles. The van der Waals surface area contributed by atoms with Crippen molar-refractivity contribution in [3.8, 4) is 0 Å². The molecule has 0 aromatic carbocycles. The average molecular weight is 218 g/mol. The maximum atomic E-state index is 5.43. The number of nitrogens with zero attached hydrogens (tertiary/aromatic N) is 1. The van der Waals surface area contributed by atoms with Gasteiger partial charge in [-0.3, -0.25) is 16.6 Å². The van der Waals surface area contributed by atoms with E-state index in [4.69, 9.17) is 10.5 Å². The summed E-state index contributed by atoms with van der Waals surface area (Å²) in [7, 11) is 0. The maximum Gasteiger partial charge on any atom is 0.0594 e. The molecule has 1 aliphatic rings. The Bertz CT molecular complexity index is 118. The molecule has 0 radical (unpaired) electrons. The predicted octanol–water partition coefficient (Wildman–Crippen LogP) is -0.343. The third-order valence-corrected chi connectivity index (χ3v) is 2.53. The second-order valence-corrected chi connectivity index (χ2v) is 3.66. The lowest BCUT2D eigenvalue weighted by Gasteiger charge is -2.26. The molecule has 15 heavy (non-hydrogen) atoms. The van der Waals surface area contributed by atoms with Gasteiger partial charge in [-0.25, -0.2) is 0 Å². The third kappa shape index (κ3) is 8.77. The standard InChI is InChI=1S/C10H22N2O.H4N2/c11-5-3-1-2-4-6-12-7-9-13-10-8-12;1-2/h1-11H2;1-2H2. The van der Waals surface area contributed by atoms with E-state index in [-0.39, 0.29) is 0 Å². The summed E-state index contributed by atoms with van der Waals surface area (Å²) >= 11 is 0. The number of hydrazine groups is 1. The molecule has 0 aromatic rings. The van der Waals surface area contributed by atoms with Crippen molar-refractivity contribution in [1.29, 1.82) is 0 Å². The van der Waals surface area contributed by atoms with Gasteiger partial charge >= 0.3 is 0 Å². The molecule has 1 heterocycles. The van der Waals surface area contributed by atoms with Crippen molar-refractivity contribution in [2.24, 2.45) is 17.4 Å². The lowest BCUT2D eigenvalue weighted by Crippen LogP contribution is -2.36. The summed E-state index contributed by atoms with van der Waals surface area (Å²) in [5.41, 5.74) is 5.43. The number of ether oxygens (including phenoxy) is 1. The van der Waals surface area contributed by atoms with E-state index in [9.17, 15) is 0 Å². The molecule has 0 aliphatic carbocycles. The van der Waals surface area contributed by atoms with E-state index in [1.54, 1.807) is 0 Å². The van der Waals surface area contributed by atoms with Gasteiger partial charge in [0.2, 0.25) is 0 Å². The molecular weight excluding hydrogens is 192 g/mol. The molecule has 6 N–H and O–H groups in total. The average Bonchev–Trinajstić information content (AvgIpc) is 2.33. The Kier molecular flexibility index (Phi) is 11.7. The molecule has 5 nitrogen and oxygen atoms in total. The van der Waals surface area contributed by atoms with Crippen LogP contribution in [0.2, 0.25) is 0 Å². The maximum absolute atomic E-state index is 5.43. The van der Waals surface area contributed by atoms with Gasteiger partial charge in [0.05, 0.1) is 13.2 Å². The summed E-state index contributed by atoms with van der Waals surface area (Å²) in [4.78, 5) is 2.49. The Morgan fingerprint density at radius 3 is 2.13 bits per heavy atom. The quantitative estimate of drug-likeness (QED) is 0.322. The van der Waals surface area contributed by atoms with Crippen LogP contribution in [0.5, 0.6) is 0 Å². The highest BCUT2D eigenvalue weighted by atomic mass is 16.5. The highest BCUT2D eigenvalue weighted by Gasteiger charge is 2.08. The van der Waals surface area contributed by atoms with Crippen LogP contribution in [-0.2, 0) is 4.74 Å². The van der Waals surface area contributed by atoms with E-state index in [2.05, 4.69) is 16.6 Å². The largest absolute Gasteiger partial charge is 0.379 e. The summed E-state index contributed by atoms with van der Waals surface area (Å²) in [6, 6.07) is 0. The minimum Gasteiger partial charge on any atom is -0.379 e. The Hall–Kier alpha value is -0.200. The predicted molar refractivity (Wildman–Crippen MR) is 63.2 cm³/mol. The molecule has 0 atom stereocenters. The van der Waals surface area contributed by atoms with Crippen molar-refractivity contribution >= 4 is 0 Å². The fraction of sp³-hybridized carbons (Fsp3) is 1.00. The number of hydrogen-bond donors (Lipinski definition) is 3. The molecule has 0 unspecified atom stereocenters. The molecule has 0 bridgehead atoms. The van der Waals surface area contributed by atoms with Crippen molar-refractivity contribution in [2.75, 3.05) is 39.4 Å². The van der Waals surface area contributed by atoms with Gasteiger partial charge in [0.25, 0.3) is 0 Å². The summed E-state index contributed by atoms with van der Waals surface area (Å²) in [5, 5.41) is 0. The van der Waals surface area contributed by atoms with Gasteiger partial charge in [0.15, 0.2) is 0 Å². The van der Waals surface area contributed by atoms with Crippen molar-refractivity contribution in [3.63, 3.8) is 0 Å². The van der Waals surface area contributed by atoms with Crippen LogP contribution >= 0.6 is 0 Å². The Labute approximate surface area is 92.9 Å². The van der Waals surface area contributed by atoms with E-state index in [1.807, 2.05) is 0 Å². The topological polar surface area (TPSA) is 90.5 Å². The fourth-order valence-electron chi connectivity index (χ4n) is 1.66. The van der Waals surface area contributed by atoms with Crippen LogP contribution in [0.1, 0.15) is 25.7 Å². The van der Waals surface area contributed by atoms with Crippen LogP contribution in [-0.4, -0.2) is 44.3 Å². The van der Waals surface area contributed by atoms with Crippen LogP contribution in [0.4, 0.5) is 0 Å². The van der Waals surface area contributed by atoms with E-state index in [0.717, 1.165) is 32.8 Å². The fourth-order valence-corrected chi connectivity index (χ4v) is 1.66. The minimum absolute atomic E-state index is 0.845. The highest BCUT2D eigenvalue weighted by molar-refractivity contribution is 4.61. The van der Waals surface area contributed by atoms with Gasteiger partial charge in [0, 0.05) is 13.1 Å². The molecule has 1 fully saturated rings. The first kappa shape index (κ1) is 14.8. The van der Waals surface area contributed by atoms with Gasteiger partial charge in [-0.05, 0) is 25.9 Å². The lowest BCUT2D eigenvalue weighted by molar-refractivity contribution is 0.0371. The molecule has 0 amide bonds. The molecule has 0 spiro atoms. The zero-order valence-corrected chi connectivity index (χ0v) is 9.66. The Balaban J connectivity index is 0.000000921. The molecule has 92 valence electrons. The van der Waals surface area contributed by atoms with Gasteiger partial charge in [0.1, 0.15) is 0 Å². The molecule has 5 heteroatoms. The smallest absolute Gasteiger partial charge is 0.0594 e. The monoisotopic (exact) mass is 218 g/mol. The van der Waals surface area contributed by atoms with Crippen LogP contribution < -0.4 is 17.4 Å². The lowest BCUT2D eigenvalue weighted by atomic mass is 10.2. The van der Waals surface area contributed by atoms with Crippen molar-refractivity contribution in [1.82, 2.24) is 4.90 Å². The van der Waals surface area contributed by atoms with Crippen molar-refractivity contribution < 1.29 is 4.74 Å². The molecule has 0 aromatic heterocycles. The summed E-state index contributed by atoms with van der Waals surface area (Å²) in [6.07, 6.45) is 5.12. The van der Waals surface area contributed by atoms with E-state index in [1.165, 1.54) is 32.2 Å². The zero-order valence-electron chi connectivity index (χ0n) is 9.66. The van der Waals surface area contributed by atoms with Gasteiger partial charge in [-0.15, -0.1) is 0 Å². The highest BCUT2D eigenvalue weighted by Crippen LogP contribution is 2.03. The molecule has 0 saturated carbocycles. The molecule has 1 rings (SSSR count). The molecule has 1 aliphatic heterocycles. The number of morpholine rings is 1. The second-order valence-electron chi connectivity index (χ2n) is 3.66. The normalized spacial score (nSPS) is 17.0. The Morgan fingerprint density at radius 1 is 0.933 bits per heavy atom. The van der Waals surface area contributed by atoms with Crippen molar-refractivity contribution in [3.05, 3.63) is 0 Å². The first-order chi connectivity index (χ1) is 7.43. The minimum atomic E-state index is 0.845. The number of hydrogen-bond acceptors (Lipinski definition) is 5. The summed E-state index contributed by atoms with van der Waals surface area (Å²) in [6.45, 7) is 6.17.